The fourth-order valence-electron chi connectivity index (χ4n) is 1.81. The molecule has 2 N–H and O–H groups in total. The molecule has 0 unspecified atom stereocenters. The molecule has 1 aromatic carbocycles. The van der Waals surface area contributed by atoms with E-state index in [-0.39, 0.29) is 11.8 Å². The van der Waals surface area contributed by atoms with Gasteiger partial charge >= 0.3 is 0 Å². The van der Waals surface area contributed by atoms with Crippen molar-refractivity contribution < 1.29 is 9.59 Å². The van der Waals surface area contributed by atoms with Gasteiger partial charge in [0.05, 0.1) is 11.4 Å². The van der Waals surface area contributed by atoms with Crippen LogP contribution in [0.2, 0.25) is 0 Å². The number of aliphatic imine (C=N–C) groups is 1. The summed E-state index contributed by atoms with van der Waals surface area (Å²) in [7, 11) is 0. The average Bonchev–Trinajstić information content (AvgIpc) is 2.51. The lowest BCUT2D eigenvalue weighted by atomic mass is 10.1. The predicted octanol–water partition coefficient (Wildman–Crippen LogP) is 2.06. The number of rotatable bonds is 4. The monoisotopic (exact) mass is 259 g/mol. The van der Waals surface area contributed by atoms with Gasteiger partial charge in [-0.3, -0.25) is 14.6 Å². The molecule has 0 atom stereocenters. The lowest BCUT2D eigenvalue weighted by Gasteiger charge is -2.05. The van der Waals surface area contributed by atoms with Gasteiger partial charge in [-0.1, -0.05) is 25.5 Å². The van der Waals surface area contributed by atoms with Crippen LogP contribution >= 0.6 is 0 Å². The van der Waals surface area contributed by atoms with E-state index in [1.807, 2.05) is 0 Å². The Hall–Kier alpha value is -2.17. The van der Waals surface area contributed by atoms with Crippen molar-refractivity contribution in [2.24, 2.45) is 10.9 Å². The molecule has 0 bridgehead atoms. The van der Waals surface area contributed by atoms with Crippen molar-refractivity contribution in [1.82, 2.24) is 0 Å². The van der Waals surface area contributed by atoms with Crippen molar-refractivity contribution in [3.63, 3.8) is 0 Å². The molecule has 100 valence electrons. The molecule has 0 saturated heterocycles. The van der Waals surface area contributed by atoms with E-state index in [1.165, 1.54) is 6.21 Å². The van der Waals surface area contributed by atoms with Gasteiger partial charge in [0.2, 0.25) is 11.8 Å². The number of nitrogens with one attached hydrogen (secondary N) is 2. The SMILES string of the molecule is CCCCN=CC1C(=O)Nc2ccccc2NC1=O. The van der Waals surface area contributed by atoms with Crippen LogP contribution < -0.4 is 10.6 Å². The van der Waals surface area contributed by atoms with Crippen LogP contribution in [0.15, 0.2) is 29.3 Å². The summed E-state index contributed by atoms with van der Waals surface area (Å²) in [6.07, 6.45) is 3.42. The standard InChI is InChI=1S/C14H17N3O2/c1-2-3-8-15-9-10-13(18)16-11-6-4-5-7-12(11)17-14(10)19/h4-7,9-10H,2-3,8H2,1H3,(H,16,18)(H,17,19). The normalized spacial score (nSPS) is 15.8. The number of nitrogens with zero attached hydrogens (tertiary/aromatic N) is 1. The first-order chi connectivity index (χ1) is 9.22. The largest absolute Gasteiger partial charge is 0.323 e. The molecule has 0 saturated carbocycles. The zero-order chi connectivity index (χ0) is 13.7. The fraction of sp³-hybridized carbons (Fsp3) is 0.357. The number of anilines is 2. The maximum atomic E-state index is 12.0. The van der Waals surface area contributed by atoms with Crippen LogP contribution in [0.4, 0.5) is 11.4 Å². The predicted molar refractivity (Wildman–Crippen MR) is 75.5 cm³/mol. The Morgan fingerprint density at radius 2 is 1.74 bits per heavy atom. The second-order valence-corrected chi connectivity index (χ2v) is 4.41. The number of benzene rings is 1. The highest BCUT2D eigenvalue weighted by Crippen LogP contribution is 2.24. The Balaban J connectivity index is 2.14. The van der Waals surface area contributed by atoms with Crippen LogP contribution in [0.5, 0.6) is 0 Å². The molecule has 19 heavy (non-hydrogen) atoms. The maximum absolute atomic E-state index is 12.0. The maximum Gasteiger partial charge on any atom is 0.242 e. The Labute approximate surface area is 112 Å². The molecule has 0 aromatic heterocycles. The molecule has 0 radical (unpaired) electrons. The second-order valence-electron chi connectivity index (χ2n) is 4.41. The highest BCUT2D eigenvalue weighted by Gasteiger charge is 2.29. The third-order valence-corrected chi connectivity index (χ3v) is 2.90. The van der Waals surface area contributed by atoms with Crippen molar-refractivity contribution in [1.29, 1.82) is 0 Å². The second kappa shape index (κ2) is 6.13. The summed E-state index contributed by atoms with van der Waals surface area (Å²) in [6.45, 7) is 2.71. The van der Waals surface area contributed by atoms with Gasteiger partial charge < -0.3 is 10.6 Å². The van der Waals surface area contributed by atoms with E-state index in [0.29, 0.717) is 17.9 Å². The minimum absolute atomic E-state index is 0.345. The van der Waals surface area contributed by atoms with Crippen LogP contribution in [-0.4, -0.2) is 24.6 Å². The Bertz CT molecular complexity index is 474. The van der Waals surface area contributed by atoms with Crippen molar-refractivity contribution in [3.05, 3.63) is 24.3 Å². The van der Waals surface area contributed by atoms with Gasteiger partial charge in [-0.05, 0) is 18.6 Å². The summed E-state index contributed by atoms with van der Waals surface area (Å²) in [5, 5.41) is 5.46. The fourth-order valence-corrected chi connectivity index (χ4v) is 1.81. The van der Waals surface area contributed by atoms with E-state index < -0.39 is 5.92 Å². The first-order valence-corrected chi connectivity index (χ1v) is 6.43. The van der Waals surface area contributed by atoms with Gasteiger partial charge in [-0.2, -0.15) is 0 Å². The molecule has 1 aliphatic rings. The van der Waals surface area contributed by atoms with Crippen LogP contribution in [0.1, 0.15) is 19.8 Å². The van der Waals surface area contributed by atoms with Crippen LogP contribution in [0.3, 0.4) is 0 Å². The number of hydrogen-bond acceptors (Lipinski definition) is 3. The minimum atomic E-state index is -0.871. The summed E-state index contributed by atoms with van der Waals surface area (Å²) in [5.74, 6) is -1.56. The van der Waals surface area contributed by atoms with E-state index in [1.54, 1.807) is 24.3 Å². The van der Waals surface area contributed by atoms with Gasteiger partial charge in [0.25, 0.3) is 0 Å². The smallest absolute Gasteiger partial charge is 0.242 e. The zero-order valence-corrected chi connectivity index (χ0v) is 10.8. The number of unbranched alkanes of at least 4 members (excludes halogenated alkanes) is 1. The number of carbonyl (C=O) groups excluding carboxylic acids is 2. The molecule has 1 aromatic rings. The summed E-state index contributed by atoms with van der Waals surface area (Å²) < 4.78 is 0. The van der Waals surface area contributed by atoms with Gasteiger partial charge in [0, 0.05) is 12.8 Å². The first kappa shape index (κ1) is 13.3. The van der Waals surface area contributed by atoms with Crippen LogP contribution in [0, 0.1) is 5.92 Å². The minimum Gasteiger partial charge on any atom is -0.323 e. The van der Waals surface area contributed by atoms with Crippen LogP contribution in [0.25, 0.3) is 0 Å². The van der Waals surface area contributed by atoms with Crippen LogP contribution in [-0.2, 0) is 9.59 Å². The van der Waals surface area contributed by atoms with E-state index in [0.717, 1.165) is 12.8 Å². The Morgan fingerprint density at radius 3 is 2.26 bits per heavy atom. The number of fused-ring (bicyclic) bond motifs is 1. The molecule has 0 aliphatic carbocycles. The van der Waals surface area contributed by atoms with E-state index in [9.17, 15) is 9.59 Å². The molecule has 2 rings (SSSR count). The van der Waals surface area contributed by atoms with E-state index in [4.69, 9.17) is 0 Å². The molecular formula is C14H17N3O2. The Kier molecular flexibility index (Phi) is 4.28. The van der Waals surface area contributed by atoms with E-state index in [2.05, 4.69) is 22.5 Å². The van der Waals surface area contributed by atoms with Crippen molar-refractivity contribution in [3.8, 4) is 0 Å². The zero-order valence-electron chi connectivity index (χ0n) is 10.8. The third-order valence-electron chi connectivity index (χ3n) is 2.90. The molecular weight excluding hydrogens is 242 g/mol. The van der Waals surface area contributed by atoms with Gasteiger partial charge in [0.1, 0.15) is 0 Å². The number of carbonyl (C=O) groups is 2. The molecule has 0 fully saturated rings. The summed E-state index contributed by atoms with van der Waals surface area (Å²) in [6, 6.07) is 7.12. The summed E-state index contributed by atoms with van der Waals surface area (Å²) in [4.78, 5) is 28.1. The Morgan fingerprint density at radius 1 is 1.16 bits per heavy atom. The van der Waals surface area contributed by atoms with E-state index >= 15 is 0 Å². The molecule has 1 aliphatic heterocycles. The first-order valence-electron chi connectivity index (χ1n) is 6.43. The summed E-state index contributed by atoms with van der Waals surface area (Å²) >= 11 is 0. The number of para-hydroxylation sites is 2. The third kappa shape index (κ3) is 3.19. The molecule has 0 spiro atoms. The highest BCUT2D eigenvalue weighted by molar-refractivity contribution is 6.23. The lowest BCUT2D eigenvalue weighted by Crippen LogP contribution is -2.32. The lowest BCUT2D eigenvalue weighted by molar-refractivity contribution is -0.126. The van der Waals surface area contributed by atoms with Crippen molar-refractivity contribution in [2.45, 2.75) is 19.8 Å². The molecule has 2 amide bonds. The average molecular weight is 259 g/mol. The summed E-state index contributed by atoms with van der Waals surface area (Å²) in [5.41, 5.74) is 1.23. The topological polar surface area (TPSA) is 70.6 Å². The molecule has 5 heteroatoms. The molecule has 5 nitrogen and oxygen atoms in total. The quantitative estimate of drug-likeness (QED) is 0.493. The molecule has 1 heterocycles. The van der Waals surface area contributed by atoms with Crippen molar-refractivity contribution in [2.75, 3.05) is 17.2 Å². The number of amides is 2. The van der Waals surface area contributed by atoms with Gasteiger partial charge in [-0.15, -0.1) is 0 Å². The highest BCUT2D eigenvalue weighted by atomic mass is 16.2. The van der Waals surface area contributed by atoms with Crippen molar-refractivity contribution >= 4 is 29.4 Å². The van der Waals surface area contributed by atoms with Gasteiger partial charge in [0.15, 0.2) is 5.92 Å². The van der Waals surface area contributed by atoms with Gasteiger partial charge in [-0.25, -0.2) is 0 Å². The number of hydrogen-bond donors (Lipinski definition) is 2.